The van der Waals surface area contributed by atoms with E-state index in [4.69, 9.17) is 0 Å². The quantitative estimate of drug-likeness (QED) is 0.394. The number of halogens is 1. The van der Waals surface area contributed by atoms with E-state index in [0.717, 1.165) is 38.8 Å². The van der Waals surface area contributed by atoms with Crippen molar-refractivity contribution in [3.05, 3.63) is 59.2 Å². The minimum Gasteiger partial charge on any atom is -0.479 e. The number of aryl methyl sites for hydroxylation is 1. The van der Waals surface area contributed by atoms with Crippen molar-refractivity contribution < 1.29 is 19.4 Å². The van der Waals surface area contributed by atoms with Crippen LogP contribution in [-0.2, 0) is 10.2 Å². The van der Waals surface area contributed by atoms with Crippen molar-refractivity contribution in [2.24, 2.45) is 0 Å². The number of carboxylic acid groups (broad SMARTS) is 1. The lowest BCUT2D eigenvalue weighted by atomic mass is 9.65. The first kappa shape index (κ1) is 22.1. The molecule has 0 atom stereocenters. The predicted octanol–water partition coefficient (Wildman–Crippen LogP) is 4.84. The van der Waals surface area contributed by atoms with Crippen molar-refractivity contribution in [3.8, 4) is 11.8 Å². The number of fused-ring (bicyclic) bond motifs is 2. The van der Waals surface area contributed by atoms with Gasteiger partial charge in [-0.15, -0.1) is 0 Å². The van der Waals surface area contributed by atoms with Gasteiger partial charge in [-0.25, -0.2) is 9.18 Å². The minimum absolute atomic E-state index is 0.0839. The molecule has 0 unspecified atom stereocenters. The second kappa shape index (κ2) is 7.40. The molecule has 0 spiro atoms. The molecule has 1 fully saturated rings. The van der Waals surface area contributed by atoms with Crippen LogP contribution in [0.4, 0.5) is 4.39 Å². The van der Waals surface area contributed by atoms with Crippen molar-refractivity contribution in [3.63, 3.8) is 0 Å². The Morgan fingerprint density at radius 3 is 2.74 bits per heavy atom. The number of nitrogens with zero attached hydrogens (tertiary/aromatic N) is 3. The van der Waals surface area contributed by atoms with E-state index in [-0.39, 0.29) is 31.0 Å². The molecule has 34 heavy (non-hydrogen) atoms. The molecule has 0 aliphatic heterocycles. The second-order valence-electron chi connectivity index (χ2n) is 10.0. The van der Waals surface area contributed by atoms with Crippen LogP contribution in [-0.4, -0.2) is 36.5 Å². The van der Waals surface area contributed by atoms with Crippen LogP contribution in [0.25, 0.3) is 27.5 Å². The molecular weight excluding hydrogens is 435 g/mol. The number of carbonyl (C=O) groups is 1. The van der Waals surface area contributed by atoms with E-state index in [1.165, 1.54) is 6.07 Å². The van der Waals surface area contributed by atoms with Crippen molar-refractivity contribution in [1.29, 1.82) is 5.26 Å². The number of nitriles is 1. The van der Waals surface area contributed by atoms with E-state index in [9.17, 15) is 24.7 Å². The molecule has 0 amide bonds. The van der Waals surface area contributed by atoms with Gasteiger partial charge < -0.3 is 14.8 Å². The SMILES string of the molecule is Cc1cc(-n2c(C(C)(C)CC#N)c([C@H]3C[C@](O)(C(=O)O)C3)c3cc4[nH]ncc4cc32)ccc1F. The molecule has 1 saturated carbocycles. The molecule has 2 heterocycles. The maximum atomic E-state index is 14.2. The summed E-state index contributed by atoms with van der Waals surface area (Å²) >= 11 is 0. The maximum Gasteiger partial charge on any atom is 0.335 e. The van der Waals surface area contributed by atoms with Gasteiger partial charge >= 0.3 is 5.97 Å². The summed E-state index contributed by atoms with van der Waals surface area (Å²) in [6.07, 6.45) is 2.13. The third kappa shape index (κ3) is 3.19. The third-order valence-electron chi connectivity index (χ3n) is 7.10. The number of hydrogen-bond acceptors (Lipinski definition) is 4. The van der Waals surface area contributed by atoms with Crippen LogP contribution in [0.2, 0.25) is 0 Å². The first-order valence-corrected chi connectivity index (χ1v) is 11.2. The largest absolute Gasteiger partial charge is 0.479 e. The standard InChI is InChI=1S/C26H25FN4O3/c1-14-8-17(4-5-19(14)27)31-21-9-15-13-29-30-20(15)10-18(21)22(23(31)25(2,3)6-7-28)16-11-26(34,12-16)24(32)33/h4-5,8-10,13,16,34H,6,11-12H2,1-3H3,(H,29,30)(H,32,33)/t16-,26+. The van der Waals surface area contributed by atoms with Gasteiger partial charge in [0, 0.05) is 34.0 Å². The normalized spacial score (nSPS) is 20.4. The lowest BCUT2D eigenvalue weighted by Gasteiger charge is -2.42. The first-order chi connectivity index (χ1) is 16.1. The summed E-state index contributed by atoms with van der Waals surface area (Å²) < 4.78 is 16.2. The van der Waals surface area contributed by atoms with Gasteiger partial charge in [0.1, 0.15) is 5.82 Å². The van der Waals surface area contributed by atoms with Gasteiger partial charge in [-0.1, -0.05) is 13.8 Å². The molecule has 5 rings (SSSR count). The molecule has 4 aromatic rings. The fourth-order valence-corrected chi connectivity index (χ4v) is 5.28. The van der Waals surface area contributed by atoms with Gasteiger partial charge in [-0.2, -0.15) is 10.4 Å². The lowest BCUT2D eigenvalue weighted by molar-refractivity contribution is -0.169. The molecule has 174 valence electrons. The number of rotatable bonds is 5. The zero-order valence-corrected chi connectivity index (χ0v) is 19.2. The molecule has 2 aromatic carbocycles. The number of aliphatic hydroxyl groups is 1. The summed E-state index contributed by atoms with van der Waals surface area (Å²) in [5.74, 6) is -1.74. The van der Waals surface area contributed by atoms with Crippen LogP contribution in [0.5, 0.6) is 0 Å². The summed E-state index contributed by atoms with van der Waals surface area (Å²) in [7, 11) is 0. The zero-order valence-electron chi connectivity index (χ0n) is 19.2. The monoisotopic (exact) mass is 460 g/mol. The molecule has 0 radical (unpaired) electrons. The Balaban J connectivity index is 1.87. The highest BCUT2D eigenvalue weighted by atomic mass is 19.1. The van der Waals surface area contributed by atoms with Crippen LogP contribution in [0.15, 0.2) is 36.5 Å². The van der Waals surface area contributed by atoms with Crippen LogP contribution in [0, 0.1) is 24.1 Å². The second-order valence-corrected chi connectivity index (χ2v) is 10.0. The Morgan fingerprint density at radius 1 is 1.35 bits per heavy atom. The van der Waals surface area contributed by atoms with E-state index < -0.39 is 17.0 Å². The highest BCUT2D eigenvalue weighted by Gasteiger charge is 2.51. The van der Waals surface area contributed by atoms with Gasteiger partial charge in [0.2, 0.25) is 0 Å². The Morgan fingerprint density at radius 2 is 2.09 bits per heavy atom. The summed E-state index contributed by atoms with van der Waals surface area (Å²) in [5, 5.41) is 38.5. The topological polar surface area (TPSA) is 115 Å². The zero-order chi connectivity index (χ0) is 24.4. The number of aromatic nitrogens is 3. The Kier molecular flexibility index (Phi) is 4.81. The van der Waals surface area contributed by atoms with Crippen LogP contribution < -0.4 is 0 Å². The number of nitrogens with one attached hydrogen (secondary N) is 1. The number of hydrogen-bond donors (Lipinski definition) is 3. The highest BCUT2D eigenvalue weighted by molar-refractivity contribution is 5.99. The minimum atomic E-state index is -1.76. The van der Waals surface area contributed by atoms with E-state index in [1.54, 1.807) is 25.3 Å². The van der Waals surface area contributed by atoms with E-state index >= 15 is 0 Å². The number of H-pyrrole nitrogens is 1. The Labute approximate surface area is 195 Å². The molecule has 7 nitrogen and oxygen atoms in total. The lowest BCUT2D eigenvalue weighted by Crippen LogP contribution is -2.49. The van der Waals surface area contributed by atoms with Crippen LogP contribution in [0.3, 0.4) is 0 Å². The fraction of sp³-hybridized carbons (Fsp3) is 0.346. The van der Waals surface area contributed by atoms with Crippen molar-refractivity contribution >= 4 is 27.8 Å². The number of carboxylic acids is 1. The summed E-state index contributed by atoms with van der Waals surface area (Å²) in [5.41, 5.74) is 2.37. The van der Waals surface area contributed by atoms with Gasteiger partial charge in [-0.3, -0.25) is 5.10 Å². The number of aliphatic carboxylic acids is 1. The van der Waals surface area contributed by atoms with Crippen LogP contribution in [0.1, 0.15) is 55.8 Å². The molecule has 1 aliphatic carbocycles. The van der Waals surface area contributed by atoms with Crippen molar-refractivity contribution in [2.45, 2.75) is 57.0 Å². The van der Waals surface area contributed by atoms with Crippen molar-refractivity contribution in [2.75, 3.05) is 0 Å². The number of benzene rings is 2. The summed E-state index contributed by atoms with van der Waals surface area (Å²) in [6, 6.07) is 11.2. The summed E-state index contributed by atoms with van der Waals surface area (Å²) in [4.78, 5) is 11.6. The van der Waals surface area contributed by atoms with Gasteiger partial charge in [0.05, 0.1) is 23.3 Å². The molecule has 3 N–H and O–H groups in total. The Bertz CT molecular complexity index is 1500. The average molecular weight is 461 g/mol. The average Bonchev–Trinajstić information content (AvgIpc) is 3.33. The third-order valence-corrected chi connectivity index (χ3v) is 7.10. The number of aromatic amines is 1. The molecule has 8 heteroatoms. The van der Waals surface area contributed by atoms with Gasteiger partial charge in [0.15, 0.2) is 5.60 Å². The van der Waals surface area contributed by atoms with Gasteiger partial charge in [-0.05, 0) is 67.1 Å². The van der Waals surface area contributed by atoms with E-state index in [0.29, 0.717) is 5.56 Å². The summed E-state index contributed by atoms with van der Waals surface area (Å²) in [6.45, 7) is 5.67. The molecule has 1 aliphatic rings. The highest BCUT2D eigenvalue weighted by Crippen LogP contribution is 2.52. The predicted molar refractivity (Wildman–Crippen MR) is 125 cm³/mol. The van der Waals surface area contributed by atoms with Crippen molar-refractivity contribution in [1.82, 2.24) is 14.8 Å². The molecule has 2 aromatic heterocycles. The van der Waals surface area contributed by atoms with E-state index in [1.807, 2.05) is 26.0 Å². The van der Waals surface area contributed by atoms with Gasteiger partial charge in [0.25, 0.3) is 0 Å². The van der Waals surface area contributed by atoms with Crippen LogP contribution >= 0.6 is 0 Å². The van der Waals surface area contributed by atoms with E-state index in [2.05, 4.69) is 20.8 Å². The maximum absolute atomic E-state index is 14.2. The molecule has 0 bridgehead atoms. The molecule has 0 saturated heterocycles. The fourth-order valence-electron chi connectivity index (χ4n) is 5.28. The molecular formula is C26H25FN4O3. The first-order valence-electron chi connectivity index (χ1n) is 11.2. The Hall–Kier alpha value is -3.70. The smallest absolute Gasteiger partial charge is 0.335 e.